The Morgan fingerprint density at radius 2 is 1.92 bits per heavy atom. The zero-order chi connectivity index (χ0) is 25.8. The normalized spacial score (nSPS) is 37.6. The van der Waals surface area contributed by atoms with Crippen molar-refractivity contribution in [1.82, 2.24) is 10.2 Å². The van der Waals surface area contributed by atoms with E-state index in [2.05, 4.69) is 24.5 Å². The van der Waals surface area contributed by atoms with Gasteiger partial charge in [0.1, 0.15) is 11.6 Å². The van der Waals surface area contributed by atoms with Gasteiger partial charge < -0.3 is 20.3 Å². The number of nitrogens with one attached hydrogen (secondary N) is 2. The van der Waals surface area contributed by atoms with Crippen molar-refractivity contribution in [3.05, 3.63) is 41.4 Å². The Morgan fingerprint density at radius 3 is 2.61 bits per heavy atom. The number of rotatable bonds is 6. The molecule has 0 aromatic heterocycles. The highest BCUT2D eigenvalue weighted by molar-refractivity contribution is 6.30. The van der Waals surface area contributed by atoms with Crippen molar-refractivity contribution in [2.45, 2.75) is 83.2 Å². The largest absolute Gasteiger partial charge is 0.359 e. The zero-order valence-electron chi connectivity index (χ0n) is 21.4. The van der Waals surface area contributed by atoms with Crippen molar-refractivity contribution in [2.75, 3.05) is 5.32 Å². The fourth-order valence-corrected chi connectivity index (χ4v) is 6.81. The first-order chi connectivity index (χ1) is 17.2. The lowest BCUT2D eigenvalue weighted by Gasteiger charge is -2.39. The standard InChI is InChI=1S/C28H36ClN3O4/c1-5-16(3)32-24(26(34)31-20-8-6-7-15(2)17(20)4)28-14-13-21(36-28)22(23(28)27(32)35)25(33)30-19-11-9-18(29)10-12-19/h9-17,20-24H,5-8H2,1-4H3,(H,30,33)(H,31,34)/t15-,16-,17-,20+,21+,22+,23+,24-,28-/m0/s1. The molecule has 1 saturated carbocycles. The van der Waals surface area contributed by atoms with Gasteiger partial charge >= 0.3 is 0 Å². The molecule has 9 atom stereocenters. The number of hydrogen-bond acceptors (Lipinski definition) is 4. The SMILES string of the molecule is CC[C@H](C)N1C(=O)[C@H]2[C@H](C(=O)Nc3ccc(Cl)cc3)[C@H]3C=C[C@@]2(O3)[C@@H]1C(=O)N[C@@H]1CCC[C@H](C)[C@@H]1C. The number of likely N-dealkylation sites (tertiary alicyclic amines) is 1. The highest BCUT2D eigenvalue weighted by Crippen LogP contribution is 2.56. The molecular formula is C28H36ClN3O4. The van der Waals surface area contributed by atoms with E-state index in [9.17, 15) is 14.4 Å². The summed E-state index contributed by atoms with van der Waals surface area (Å²) >= 11 is 5.98. The zero-order valence-corrected chi connectivity index (χ0v) is 22.1. The Bertz CT molecular complexity index is 1080. The maximum Gasteiger partial charge on any atom is 0.246 e. The van der Waals surface area contributed by atoms with Crippen molar-refractivity contribution in [3.63, 3.8) is 0 Å². The Hall–Kier alpha value is -2.38. The van der Waals surface area contributed by atoms with Crippen molar-refractivity contribution >= 4 is 35.0 Å². The van der Waals surface area contributed by atoms with Gasteiger partial charge in [0, 0.05) is 22.8 Å². The van der Waals surface area contributed by atoms with Gasteiger partial charge in [-0.15, -0.1) is 0 Å². The Labute approximate surface area is 218 Å². The van der Waals surface area contributed by atoms with Gasteiger partial charge in [-0.25, -0.2) is 0 Å². The molecule has 5 rings (SSSR count). The molecule has 8 heteroatoms. The van der Waals surface area contributed by atoms with Crippen molar-refractivity contribution in [1.29, 1.82) is 0 Å². The minimum absolute atomic E-state index is 0.0668. The second-order valence-electron chi connectivity index (χ2n) is 11.1. The molecule has 2 N–H and O–H groups in total. The molecule has 1 aliphatic carbocycles. The summed E-state index contributed by atoms with van der Waals surface area (Å²) in [5.74, 6) is -1.21. The molecule has 0 unspecified atom stereocenters. The molecule has 194 valence electrons. The smallest absolute Gasteiger partial charge is 0.246 e. The molecule has 1 aromatic carbocycles. The Balaban J connectivity index is 1.44. The number of nitrogens with zero attached hydrogens (tertiary/aromatic N) is 1. The van der Waals surface area contributed by atoms with Gasteiger partial charge in [-0.05, 0) is 55.9 Å². The molecule has 3 fully saturated rings. The van der Waals surface area contributed by atoms with E-state index in [1.165, 1.54) is 6.42 Å². The van der Waals surface area contributed by atoms with Gasteiger partial charge in [0.25, 0.3) is 0 Å². The average molecular weight is 514 g/mol. The second-order valence-corrected chi connectivity index (χ2v) is 11.5. The molecule has 3 amide bonds. The Kier molecular flexibility index (Phi) is 6.66. The number of anilines is 1. The minimum Gasteiger partial charge on any atom is -0.359 e. The summed E-state index contributed by atoms with van der Waals surface area (Å²) in [6, 6.07) is 5.96. The van der Waals surface area contributed by atoms with E-state index in [0.717, 1.165) is 12.8 Å². The van der Waals surface area contributed by atoms with Crippen LogP contribution in [-0.2, 0) is 19.1 Å². The highest BCUT2D eigenvalue weighted by atomic mass is 35.5. The number of halogens is 1. The fourth-order valence-electron chi connectivity index (χ4n) is 6.68. The van der Waals surface area contributed by atoms with Crippen LogP contribution in [0.1, 0.15) is 53.4 Å². The maximum absolute atomic E-state index is 13.9. The quantitative estimate of drug-likeness (QED) is 0.559. The summed E-state index contributed by atoms with van der Waals surface area (Å²) in [5.41, 5.74) is -0.537. The van der Waals surface area contributed by atoms with Crippen LogP contribution < -0.4 is 10.6 Å². The number of carbonyl (C=O) groups excluding carboxylic acids is 3. The van der Waals surface area contributed by atoms with Crippen molar-refractivity contribution in [3.8, 4) is 0 Å². The molecule has 0 radical (unpaired) electrons. The van der Waals surface area contributed by atoms with Crippen LogP contribution in [-0.4, -0.2) is 52.5 Å². The number of amides is 3. The lowest BCUT2D eigenvalue weighted by Crippen LogP contribution is -2.59. The monoisotopic (exact) mass is 513 g/mol. The first kappa shape index (κ1) is 25.3. The van der Waals surface area contributed by atoms with Crippen molar-refractivity contribution in [2.24, 2.45) is 23.7 Å². The van der Waals surface area contributed by atoms with Gasteiger partial charge in [-0.3, -0.25) is 14.4 Å². The number of carbonyl (C=O) groups is 3. The third-order valence-electron chi connectivity index (χ3n) is 9.07. The molecule has 1 aromatic rings. The minimum atomic E-state index is -1.14. The van der Waals surface area contributed by atoms with Crippen molar-refractivity contribution < 1.29 is 19.1 Å². The van der Waals surface area contributed by atoms with E-state index >= 15 is 0 Å². The van der Waals surface area contributed by atoms with E-state index in [1.54, 1.807) is 29.2 Å². The predicted molar refractivity (Wildman–Crippen MR) is 138 cm³/mol. The molecule has 2 saturated heterocycles. The van der Waals surface area contributed by atoms with Crippen LogP contribution in [0, 0.1) is 23.7 Å². The lowest BCUT2D eigenvalue weighted by molar-refractivity contribution is -0.144. The highest BCUT2D eigenvalue weighted by Gasteiger charge is 2.73. The maximum atomic E-state index is 13.9. The summed E-state index contributed by atoms with van der Waals surface area (Å²) in [5, 5.41) is 6.78. The molecule has 4 aliphatic rings. The van der Waals surface area contributed by atoms with Gasteiger partial charge in [0.2, 0.25) is 17.7 Å². The van der Waals surface area contributed by atoms with E-state index < -0.39 is 29.6 Å². The molecule has 36 heavy (non-hydrogen) atoms. The summed E-state index contributed by atoms with van der Waals surface area (Å²) in [7, 11) is 0. The van der Waals surface area contributed by atoms with Crippen LogP contribution in [0.25, 0.3) is 0 Å². The number of benzene rings is 1. The average Bonchev–Trinajstić information content (AvgIpc) is 3.50. The summed E-state index contributed by atoms with van der Waals surface area (Å²) in [4.78, 5) is 43.0. The topological polar surface area (TPSA) is 87.7 Å². The summed E-state index contributed by atoms with van der Waals surface area (Å²) < 4.78 is 6.42. The predicted octanol–water partition coefficient (Wildman–Crippen LogP) is 4.17. The van der Waals surface area contributed by atoms with E-state index in [1.807, 2.05) is 26.0 Å². The van der Waals surface area contributed by atoms with Gasteiger partial charge in [0.15, 0.2) is 0 Å². The van der Waals surface area contributed by atoms with Crippen LogP contribution in [0.5, 0.6) is 0 Å². The number of fused-ring (bicyclic) bond motifs is 1. The summed E-state index contributed by atoms with van der Waals surface area (Å²) in [6.45, 7) is 8.38. The first-order valence-electron chi connectivity index (χ1n) is 13.2. The lowest BCUT2D eigenvalue weighted by atomic mass is 9.73. The van der Waals surface area contributed by atoms with Crippen LogP contribution >= 0.6 is 11.6 Å². The molecule has 1 spiro atoms. The van der Waals surface area contributed by atoms with E-state index in [0.29, 0.717) is 29.0 Å². The molecule has 3 aliphatic heterocycles. The third kappa shape index (κ3) is 3.95. The fraction of sp³-hybridized carbons (Fsp3) is 0.607. The Morgan fingerprint density at radius 1 is 1.19 bits per heavy atom. The van der Waals surface area contributed by atoms with Gasteiger partial charge in [-0.2, -0.15) is 0 Å². The van der Waals surface area contributed by atoms with Crippen LogP contribution in [0.3, 0.4) is 0 Å². The first-order valence-corrected chi connectivity index (χ1v) is 13.6. The number of hydrogen-bond donors (Lipinski definition) is 2. The van der Waals surface area contributed by atoms with E-state index in [-0.39, 0.29) is 29.8 Å². The molecule has 2 bridgehead atoms. The van der Waals surface area contributed by atoms with Crippen LogP contribution in [0.4, 0.5) is 5.69 Å². The summed E-state index contributed by atoms with van der Waals surface area (Å²) in [6.07, 6.45) is 7.04. The molecule has 7 nitrogen and oxygen atoms in total. The van der Waals surface area contributed by atoms with Crippen LogP contribution in [0.2, 0.25) is 5.02 Å². The third-order valence-corrected chi connectivity index (χ3v) is 9.33. The van der Waals surface area contributed by atoms with Gasteiger partial charge in [-0.1, -0.05) is 57.4 Å². The van der Waals surface area contributed by atoms with Crippen LogP contribution in [0.15, 0.2) is 36.4 Å². The second kappa shape index (κ2) is 9.49. The molecule has 3 heterocycles. The number of ether oxygens (including phenoxy) is 1. The molecular weight excluding hydrogens is 478 g/mol. The van der Waals surface area contributed by atoms with E-state index in [4.69, 9.17) is 16.3 Å². The van der Waals surface area contributed by atoms with Gasteiger partial charge in [0.05, 0.1) is 17.9 Å².